The lowest BCUT2D eigenvalue weighted by Gasteiger charge is -2.32. The number of nitrogen functional groups attached to an aromatic ring is 1. The van der Waals surface area contributed by atoms with E-state index in [2.05, 4.69) is 21.9 Å². The quantitative estimate of drug-likeness (QED) is 0.911. The van der Waals surface area contributed by atoms with E-state index in [0.717, 1.165) is 49.8 Å². The van der Waals surface area contributed by atoms with Crippen LogP contribution in [0.5, 0.6) is 0 Å². The Hall–Kier alpha value is -1.85. The zero-order valence-electron chi connectivity index (χ0n) is 11.9. The third kappa shape index (κ3) is 2.69. The summed E-state index contributed by atoms with van der Waals surface area (Å²) in [7, 11) is 2.17. The first kappa shape index (κ1) is 13.1. The molecular weight excluding hydrogens is 250 g/mol. The lowest BCUT2D eigenvalue weighted by molar-refractivity contribution is 0.148. The van der Waals surface area contributed by atoms with Gasteiger partial charge in [-0.3, -0.25) is 4.90 Å². The first-order valence-corrected chi connectivity index (χ1v) is 7.03. The largest absolute Gasteiger partial charge is 0.383 e. The molecule has 1 aromatic heterocycles. The SMILES string of the molecule is CN1CCN(Cc2cnn(-c3ccccc3)c2N)CC1. The number of rotatable bonds is 3. The van der Waals surface area contributed by atoms with Crippen LogP contribution in [0.1, 0.15) is 5.56 Å². The van der Waals surface area contributed by atoms with Gasteiger partial charge in [0, 0.05) is 38.3 Å². The van der Waals surface area contributed by atoms with Crippen molar-refractivity contribution < 1.29 is 0 Å². The average molecular weight is 271 g/mol. The van der Waals surface area contributed by atoms with Crippen LogP contribution in [0.25, 0.3) is 5.69 Å². The van der Waals surface area contributed by atoms with Gasteiger partial charge in [-0.05, 0) is 19.2 Å². The van der Waals surface area contributed by atoms with E-state index in [4.69, 9.17) is 5.73 Å². The van der Waals surface area contributed by atoms with Crippen LogP contribution in [0, 0.1) is 0 Å². The summed E-state index contributed by atoms with van der Waals surface area (Å²) in [4.78, 5) is 4.79. The Morgan fingerprint density at radius 1 is 1.10 bits per heavy atom. The highest BCUT2D eigenvalue weighted by Gasteiger charge is 2.17. The van der Waals surface area contributed by atoms with Gasteiger partial charge < -0.3 is 10.6 Å². The molecule has 0 atom stereocenters. The third-order valence-corrected chi connectivity index (χ3v) is 3.88. The third-order valence-electron chi connectivity index (χ3n) is 3.88. The fourth-order valence-corrected chi connectivity index (χ4v) is 2.54. The Morgan fingerprint density at radius 3 is 2.50 bits per heavy atom. The molecule has 2 heterocycles. The maximum absolute atomic E-state index is 6.24. The Morgan fingerprint density at radius 2 is 1.80 bits per heavy atom. The molecule has 1 aromatic carbocycles. The van der Waals surface area contributed by atoms with Gasteiger partial charge in [-0.2, -0.15) is 5.10 Å². The zero-order valence-corrected chi connectivity index (χ0v) is 11.9. The van der Waals surface area contributed by atoms with Crippen molar-refractivity contribution in [2.24, 2.45) is 0 Å². The van der Waals surface area contributed by atoms with Crippen LogP contribution in [0.3, 0.4) is 0 Å². The second kappa shape index (κ2) is 5.64. The minimum atomic E-state index is 0.745. The summed E-state index contributed by atoms with van der Waals surface area (Å²) in [5, 5.41) is 4.42. The number of benzene rings is 1. The van der Waals surface area contributed by atoms with E-state index < -0.39 is 0 Å². The highest BCUT2D eigenvalue weighted by atomic mass is 15.3. The van der Waals surface area contributed by atoms with E-state index in [1.165, 1.54) is 0 Å². The number of aromatic nitrogens is 2. The summed E-state index contributed by atoms with van der Waals surface area (Å²) >= 11 is 0. The smallest absolute Gasteiger partial charge is 0.131 e. The van der Waals surface area contributed by atoms with Crippen molar-refractivity contribution in [3.05, 3.63) is 42.1 Å². The Balaban J connectivity index is 1.74. The van der Waals surface area contributed by atoms with E-state index in [0.29, 0.717) is 0 Å². The van der Waals surface area contributed by atoms with Gasteiger partial charge in [0.05, 0.1) is 11.9 Å². The van der Waals surface area contributed by atoms with Crippen LogP contribution in [-0.2, 0) is 6.54 Å². The molecule has 2 N–H and O–H groups in total. The molecular formula is C15H21N5. The molecule has 0 saturated carbocycles. The van der Waals surface area contributed by atoms with Gasteiger partial charge in [-0.15, -0.1) is 0 Å². The van der Waals surface area contributed by atoms with E-state index in [1.54, 1.807) is 0 Å². The van der Waals surface area contributed by atoms with Gasteiger partial charge in [-0.1, -0.05) is 18.2 Å². The maximum Gasteiger partial charge on any atom is 0.131 e. The molecule has 2 aromatic rings. The van der Waals surface area contributed by atoms with Gasteiger partial charge in [0.2, 0.25) is 0 Å². The second-order valence-electron chi connectivity index (χ2n) is 5.38. The molecule has 0 aliphatic carbocycles. The molecule has 1 fully saturated rings. The summed E-state index contributed by atoms with van der Waals surface area (Å²) in [5.74, 6) is 0.745. The number of nitrogens with zero attached hydrogens (tertiary/aromatic N) is 4. The van der Waals surface area contributed by atoms with Gasteiger partial charge in [0.15, 0.2) is 0 Å². The fraction of sp³-hybridized carbons (Fsp3) is 0.400. The Labute approximate surface area is 119 Å². The Bertz CT molecular complexity index is 555. The second-order valence-corrected chi connectivity index (χ2v) is 5.38. The monoisotopic (exact) mass is 271 g/mol. The van der Waals surface area contributed by atoms with Crippen LogP contribution in [0.2, 0.25) is 0 Å². The van der Waals surface area contributed by atoms with Crippen molar-refractivity contribution in [3.8, 4) is 5.69 Å². The predicted molar refractivity (Wildman–Crippen MR) is 80.8 cm³/mol. The normalized spacial score (nSPS) is 17.4. The highest BCUT2D eigenvalue weighted by Crippen LogP contribution is 2.18. The summed E-state index contributed by atoms with van der Waals surface area (Å²) in [5.41, 5.74) is 8.36. The minimum absolute atomic E-state index is 0.745. The van der Waals surface area contributed by atoms with Gasteiger partial charge >= 0.3 is 0 Å². The van der Waals surface area contributed by atoms with Crippen molar-refractivity contribution >= 4 is 5.82 Å². The van der Waals surface area contributed by atoms with Crippen molar-refractivity contribution in [2.75, 3.05) is 39.0 Å². The lowest BCUT2D eigenvalue weighted by atomic mass is 10.2. The highest BCUT2D eigenvalue weighted by molar-refractivity contribution is 5.46. The van der Waals surface area contributed by atoms with Gasteiger partial charge in [0.25, 0.3) is 0 Å². The molecule has 0 amide bonds. The zero-order chi connectivity index (χ0) is 13.9. The van der Waals surface area contributed by atoms with Crippen molar-refractivity contribution in [1.29, 1.82) is 0 Å². The van der Waals surface area contributed by atoms with Crippen molar-refractivity contribution in [3.63, 3.8) is 0 Å². The number of hydrogen-bond acceptors (Lipinski definition) is 4. The van der Waals surface area contributed by atoms with Crippen LogP contribution in [-0.4, -0.2) is 52.8 Å². The average Bonchev–Trinajstić information content (AvgIpc) is 2.84. The van der Waals surface area contributed by atoms with Crippen LogP contribution >= 0.6 is 0 Å². The molecule has 1 aliphatic heterocycles. The molecule has 1 saturated heterocycles. The molecule has 5 nitrogen and oxygen atoms in total. The van der Waals surface area contributed by atoms with Crippen molar-refractivity contribution in [2.45, 2.75) is 6.54 Å². The number of piperazine rings is 1. The summed E-state index contributed by atoms with van der Waals surface area (Å²) < 4.78 is 1.81. The topological polar surface area (TPSA) is 50.3 Å². The van der Waals surface area contributed by atoms with Crippen LogP contribution < -0.4 is 5.73 Å². The summed E-state index contributed by atoms with van der Waals surface area (Å²) in [6.45, 7) is 5.30. The number of likely N-dealkylation sites (N-methyl/N-ethyl adjacent to an activating group) is 1. The molecule has 1 aliphatic rings. The first-order chi connectivity index (χ1) is 9.74. The number of para-hydroxylation sites is 1. The van der Waals surface area contributed by atoms with Gasteiger partial charge in [-0.25, -0.2) is 4.68 Å². The summed E-state index contributed by atoms with van der Waals surface area (Å²) in [6.07, 6.45) is 1.89. The van der Waals surface area contributed by atoms with Gasteiger partial charge in [0.1, 0.15) is 5.82 Å². The number of anilines is 1. The Kier molecular flexibility index (Phi) is 3.71. The number of nitrogens with two attached hydrogens (primary N) is 1. The molecule has 0 radical (unpaired) electrons. The predicted octanol–water partition coefficient (Wildman–Crippen LogP) is 1.20. The summed E-state index contributed by atoms with van der Waals surface area (Å²) in [6, 6.07) is 10.0. The van der Waals surface area contributed by atoms with Crippen LogP contribution in [0.4, 0.5) is 5.82 Å². The van der Waals surface area contributed by atoms with E-state index in [-0.39, 0.29) is 0 Å². The molecule has 0 unspecified atom stereocenters. The molecule has 20 heavy (non-hydrogen) atoms. The molecule has 0 bridgehead atoms. The van der Waals surface area contributed by atoms with Crippen LogP contribution in [0.15, 0.2) is 36.5 Å². The van der Waals surface area contributed by atoms with Crippen molar-refractivity contribution in [1.82, 2.24) is 19.6 Å². The molecule has 3 rings (SSSR count). The standard InChI is InChI=1S/C15H21N5/c1-18-7-9-19(10-8-18)12-13-11-17-20(15(13)16)14-5-3-2-4-6-14/h2-6,11H,7-10,12,16H2,1H3. The molecule has 5 heteroatoms. The van der Waals surface area contributed by atoms with E-state index in [9.17, 15) is 0 Å². The van der Waals surface area contributed by atoms with E-state index >= 15 is 0 Å². The van der Waals surface area contributed by atoms with E-state index in [1.807, 2.05) is 41.2 Å². The number of hydrogen-bond donors (Lipinski definition) is 1. The molecule has 0 spiro atoms. The minimum Gasteiger partial charge on any atom is -0.383 e. The maximum atomic E-state index is 6.24. The fourth-order valence-electron chi connectivity index (χ4n) is 2.54. The first-order valence-electron chi connectivity index (χ1n) is 7.03. The lowest BCUT2D eigenvalue weighted by Crippen LogP contribution is -2.43. The molecule has 106 valence electrons.